The van der Waals surface area contributed by atoms with E-state index in [0.29, 0.717) is 11.4 Å². The molecular formula is C12H18N4O2. The Hall–Kier alpha value is -2.11. The summed E-state index contributed by atoms with van der Waals surface area (Å²) in [5, 5.41) is 2.96. The highest BCUT2D eigenvalue weighted by molar-refractivity contribution is 5.92. The van der Waals surface area contributed by atoms with Gasteiger partial charge in [0.25, 0.3) is 5.91 Å². The number of nitrogens with one attached hydrogen (secondary N) is 1. The molecule has 6 heteroatoms. The highest BCUT2D eigenvalue weighted by Crippen LogP contribution is 2.08. The predicted molar refractivity (Wildman–Crippen MR) is 69.4 cm³/mol. The zero-order chi connectivity index (χ0) is 13.7. The van der Waals surface area contributed by atoms with E-state index in [1.54, 1.807) is 46.5 Å². The van der Waals surface area contributed by atoms with Crippen LogP contribution in [0.1, 0.15) is 10.5 Å². The second-order valence-electron chi connectivity index (χ2n) is 4.27. The molecule has 1 rings (SSSR count). The van der Waals surface area contributed by atoms with Crippen molar-refractivity contribution in [2.24, 2.45) is 0 Å². The molecule has 0 aliphatic carbocycles. The summed E-state index contributed by atoms with van der Waals surface area (Å²) in [6.07, 6.45) is 1.54. The van der Waals surface area contributed by atoms with Gasteiger partial charge in [-0.15, -0.1) is 0 Å². The first-order valence-corrected chi connectivity index (χ1v) is 5.53. The number of carbonyl (C=O) groups excluding carboxylic acids is 2. The van der Waals surface area contributed by atoms with Gasteiger partial charge in [0.05, 0.1) is 6.54 Å². The van der Waals surface area contributed by atoms with Gasteiger partial charge in [0.15, 0.2) is 0 Å². The zero-order valence-electron chi connectivity index (χ0n) is 11.1. The largest absolute Gasteiger partial charge is 0.376 e. The van der Waals surface area contributed by atoms with Gasteiger partial charge in [-0.2, -0.15) is 0 Å². The minimum atomic E-state index is -0.169. The van der Waals surface area contributed by atoms with Crippen molar-refractivity contribution in [1.29, 1.82) is 0 Å². The summed E-state index contributed by atoms with van der Waals surface area (Å²) in [6.45, 7) is 0.187. The molecule has 18 heavy (non-hydrogen) atoms. The molecule has 0 saturated heterocycles. The van der Waals surface area contributed by atoms with Gasteiger partial charge in [0.2, 0.25) is 5.91 Å². The summed E-state index contributed by atoms with van der Waals surface area (Å²) in [4.78, 5) is 30.1. The molecule has 0 saturated carbocycles. The van der Waals surface area contributed by atoms with Crippen LogP contribution < -0.4 is 5.32 Å². The molecule has 98 valence electrons. The summed E-state index contributed by atoms with van der Waals surface area (Å²) in [5.41, 5.74) is 1.05. The molecule has 0 bridgehead atoms. The van der Waals surface area contributed by atoms with Crippen LogP contribution in [0, 0.1) is 0 Å². The summed E-state index contributed by atoms with van der Waals surface area (Å²) < 4.78 is 0. The number of amides is 2. The minimum absolute atomic E-state index is 0.0349. The number of hydrogen-bond donors (Lipinski definition) is 1. The van der Waals surface area contributed by atoms with Gasteiger partial charge in [-0.25, -0.2) is 0 Å². The molecule has 0 aliphatic rings. The number of pyridine rings is 1. The first-order chi connectivity index (χ1) is 8.41. The molecule has 0 atom stereocenters. The molecule has 0 aromatic carbocycles. The van der Waals surface area contributed by atoms with E-state index in [4.69, 9.17) is 0 Å². The van der Waals surface area contributed by atoms with E-state index in [9.17, 15) is 9.59 Å². The van der Waals surface area contributed by atoms with Crippen molar-refractivity contribution in [3.8, 4) is 0 Å². The number of aromatic nitrogens is 1. The molecule has 0 radical (unpaired) electrons. The third-order valence-corrected chi connectivity index (χ3v) is 2.33. The van der Waals surface area contributed by atoms with E-state index in [1.165, 1.54) is 9.80 Å². The quantitative estimate of drug-likeness (QED) is 0.833. The van der Waals surface area contributed by atoms with E-state index >= 15 is 0 Å². The van der Waals surface area contributed by atoms with E-state index in [2.05, 4.69) is 10.3 Å². The lowest BCUT2D eigenvalue weighted by atomic mass is 10.3. The Morgan fingerprint density at radius 1 is 1.22 bits per heavy atom. The molecule has 1 aromatic rings. The molecule has 2 amide bonds. The third kappa shape index (κ3) is 3.73. The Morgan fingerprint density at radius 2 is 1.89 bits per heavy atom. The SMILES string of the molecule is CN(C)C(=O)CNc1ccnc(C(=O)N(C)C)c1. The fraction of sp³-hybridized carbons (Fsp3) is 0.417. The average Bonchev–Trinajstić information content (AvgIpc) is 2.35. The van der Waals surface area contributed by atoms with Gasteiger partial charge in [0, 0.05) is 40.1 Å². The van der Waals surface area contributed by atoms with Crippen LogP contribution in [0.25, 0.3) is 0 Å². The number of carbonyl (C=O) groups is 2. The van der Waals surface area contributed by atoms with Gasteiger partial charge >= 0.3 is 0 Å². The van der Waals surface area contributed by atoms with Crippen molar-refractivity contribution >= 4 is 17.5 Å². The summed E-state index contributed by atoms with van der Waals surface area (Å²) in [5.74, 6) is -0.204. The van der Waals surface area contributed by atoms with Gasteiger partial charge in [-0.1, -0.05) is 0 Å². The smallest absolute Gasteiger partial charge is 0.272 e. The van der Waals surface area contributed by atoms with Gasteiger partial charge in [0.1, 0.15) is 5.69 Å². The molecule has 1 heterocycles. The van der Waals surface area contributed by atoms with Gasteiger partial charge < -0.3 is 15.1 Å². The maximum Gasteiger partial charge on any atom is 0.272 e. The Kier molecular flexibility index (Phi) is 4.65. The van der Waals surface area contributed by atoms with Crippen LogP contribution in [-0.4, -0.2) is 61.3 Å². The normalized spacial score (nSPS) is 9.78. The highest BCUT2D eigenvalue weighted by Gasteiger charge is 2.10. The van der Waals surface area contributed by atoms with E-state index in [1.807, 2.05) is 0 Å². The predicted octanol–water partition coefficient (Wildman–Crippen LogP) is 0.283. The summed E-state index contributed by atoms with van der Waals surface area (Å²) in [6, 6.07) is 3.35. The fourth-order valence-corrected chi connectivity index (χ4v) is 1.22. The van der Waals surface area contributed by atoms with Gasteiger partial charge in [-0.3, -0.25) is 14.6 Å². The van der Waals surface area contributed by atoms with Gasteiger partial charge in [-0.05, 0) is 12.1 Å². The van der Waals surface area contributed by atoms with Crippen LogP contribution in [0.3, 0.4) is 0 Å². The first kappa shape index (κ1) is 14.0. The Morgan fingerprint density at radius 3 is 2.44 bits per heavy atom. The lowest BCUT2D eigenvalue weighted by Gasteiger charge is -2.13. The van der Waals surface area contributed by atoms with Crippen molar-refractivity contribution in [3.63, 3.8) is 0 Å². The maximum atomic E-state index is 11.7. The molecular weight excluding hydrogens is 232 g/mol. The van der Waals surface area contributed by atoms with Crippen molar-refractivity contribution in [2.75, 3.05) is 40.1 Å². The maximum absolute atomic E-state index is 11.7. The lowest BCUT2D eigenvalue weighted by molar-refractivity contribution is -0.126. The van der Waals surface area contributed by atoms with Crippen LogP contribution in [0.4, 0.5) is 5.69 Å². The second-order valence-corrected chi connectivity index (χ2v) is 4.27. The topological polar surface area (TPSA) is 65.5 Å². The lowest BCUT2D eigenvalue weighted by Crippen LogP contribution is -2.28. The fourth-order valence-electron chi connectivity index (χ4n) is 1.22. The molecule has 0 spiro atoms. The Balaban J connectivity index is 2.71. The zero-order valence-corrected chi connectivity index (χ0v) is 11.1. The second kappa shape index (κ2) is 6.00. The first-order valence-electron chi connectivity index (χ1n) is 5.53. The standard InChI is InChI=1S/C12H18N4O2/c1-15(2)11(17)8-14-9-5-6-13-10(7-9)12(18)16(3)4/h5-7H,8H2,1-4H3,(H,13,14). The monoisotopic (exact) mass is 250 g/mol. The minimum Gasteiger partial charge on any atom is -0.376 e. The third-order valence-electron chi connectivity index (χ3n) is 2.33. The Labute approximate surface area is 107 Å². The molecule has 0 unspecified atom stereocenters. The average molecular weight is 250 g/mol. The summed E-state index contributed by atoms with van der Waals surface area (Å²) in [7, 11) is 6.72. The van der Waals surface area contributed by atoms with Crippen LogP contribution in [0.5, 0.6) is 0 Å². The van der Waals surface area contributed by atoms with Crippen molar-refractivity contribution in [2.45, 2.75) is 0 Å². The van der Waals surface area contributed by atoms with E-state index in [0.717, 1.165) is 0 Å². The van der Waals surface area contributed by atoms with Crippen LogP contribution >= 0.6 is 0 Å². The molecule has 6 nitrogen and oxygen atoms in total. The molecule has 0 aliphatic heterocycles. The van der Waals surface area contributed by atoms with E-state index in [-0.39, 0.29) is 18.4 Å². The molecule has 1 aromatic heterocycles. The number of nitrogens with zero attached hydrogens (tertiary/aromatic N) is 3. The van der Waals surface area contributed by atoms with Crippen molar-refractivity contribution in [3.05, 3.63) is 24.0 Å². The Bertz CT molecular complexity index is 443. The number of anilines is 1. The van der Waals surface area contributed by atoms with Crippen molar-refractivity contribution < 1.29 is 9.59 Å². The van der Waals surface area contributed by atoms with Crippen LogP contribution in [-0.2, 0) is 4.79 Å². The highest BCUT2D eigenvalue weighted by atomic mass is 16.2. The molecule has 0 fully saturated rings. The number of likely N-dealkylation sites (N-methyl/N-ethyl adjacent to an activating group) is 1. The number of hydrogen-bond acceptors (Lipinski definition) is 4. The van der Waals surface area contributed by atoms with Crippen molar-refractivity contribution in [1.82, 2.24) is 14.8 Å². The summed E-state index contributed by atoms with van der Waals surface area (Å²) >= 11 is 0. The number of rotatable bonds is 4. The molecule has 1 N–H and O–H groups in total. The van der Waals surface area contributed by atoms with Crippen LogP contribution in [0.2, 0.25) is 0 Å². The van der Waals surface area contributed by atoms with Crippen LogP contribution in [0.15, 0.2) is 18.3 Å². The van der Waals surface area contributed by atoms with E-state index < -0.39 is 0 Å².